The van der Waals surface area contributed by atoms with E-state index in [2.05, 4.69) is 6.58 Å². The van der Waals surface area contributed by atoms with E-state index in [1.54, 1.807) is 6.07 Å². The highest BCUT2D eigenvalue weighted by atomic mass is 35.5. The molecule has 0 unspecified atom stereocenters. The van der Waals surface area contributed by atoms with Crippen LogP contribution in [0.4, 0.5) is 5.00 Å². The van der Waals surface area contributed by atoms with Crippen LogP contribution in [0.3, 0.4) is 0 Å². The van der Waals surface area contributed by atoms with E-state index >= 15 is 0 Å². The molecule has 2 N–H and O–H groups in total. The average Bonchev–Trinajstić information content (AvgIpc) is 2.50. The van der Waals surface area contributed by atoms with E-state index in [-0.39, 0.29) is 23.4 Å². The van der Waals surface area contributed by atoms with Gasteiger partial charge in [-0.3, -0.25) is 10.1 Å². The maximum atomic E-state index is 10.4. The number of nitro groups is 1. The summed E-state index contributed by atoms with van der Waals surface area (Å²) in [5.74, 6) is 0. The highest BCUT2D eigenvalue weighted by Gasteiger charge is 2.14. The third kappa shape index (κ3) is 3.99. The number of hydrogen-bond donors (Lipinski definition) is 1. The minimum atomic E-state index is -0.401. The highest BCUT2D eigenvalue weighted by Crippen LogP contribution is 2.30. The lowest BCUT2D eigenvalue weighted by molar-refractivity contribution is -0.380. The van der Waals surface area contributed by atoms with E-state index in [0.29, 0.717) is 6.42 Å². The van der Waals surface area contributed by atoms with Crippen LogP contribution in [0.5, 0.6) is 0 Å². The molecule has 0 amide bonds. The van der Waals surface area contributed by atoms with Gasteiger partial charge in [0.1, 0.15) is 0 Å². The van der Waals surface area contributed by atoms with E-state index in [1.165, 1.54) is 6.07 Å². The van der Waals surface area contributed by atoms with Crippen LogP contribution in [-0.4, -0.2) is 4.92 Å². The molecular formula is C9H13ClN2O2S. The van der Waals surface area contributed by atoms with Crippen LogP contribution in [0.25, 0.3) is 0 Å². The molecule has 1 heterocycles. The first kappa shape index (κ1) is 14.1. The Bertz CT molecular complexity index is 365. The van der Waals surface area contributed by atoms with Crippen molar-refractivity contribution in [1.82, 2.24) is 0 Å². The first-order chi connectivity index (χ1) is 6.50. The summed E-state index contributed by atoms with van der Waals surface area (Å²) in [6, 6.07) is 3.01. The minimum Gasteiger partial charge on any atom is -0.323 e. The van der Waals surface area contributed by atoms with E-state index in [0.717, 1.165) is 21.8 Å². The van der Waals surface area contributed by atoms with Gasteiger partial charge in [0.2, 0.25) is 0 Å². The molecule has 1 aromatic heterocycles. The van der Waals surface area contributed by atoms with Crippen molar-refractivity contribution >= 4 is 28.7 Å². The fraction of sp³-hybridized carbons (Fsp3) is 0.333. The van der Waals surface area contributed by atoms with Gasteiger partial charge in [0.15, 0.2) is 0 Å². The van der Waals surface area contributed by atoms with Gasteiger partial charge in [-0.25, -0.2) is 0 Å². The number of halogens is 1. The van der Waals surface area contributed by atoms with Crippen molar-refractivity contribution in [2.45, 2.75) is 19.4 Å². The smallest absolute Gasteiger partial charge is 0.323 e. The van der Waals surface area contributed by atoms with E-state index in [9.17, 15) is 10.1 Å². The van der Waals surface area contributed by atoms with Gasteiger partial charge < -0.3 is 5.73 Å². The average molecular weight is 249 g/mol. The van der Waals surface area contributed by atoms with Crippen LogP contribution in [0.2, 0.25) is 0 Å². The summed E-state index contributed by atoms with van der Waals surface area (Å²) in [4.78, 5) is 10.8. The number of thiophene rings is 1. The Kier molecular flexibility index (Phi) is 5.49. The third-order valence-electron chi connectivity index (χ3n) is 1.73. The number of hydrogen-bond acceptors (Lipinski definition) is 4. The van der Waals surface area contributed by atoms with Gasteiger partial charge in [-0.05, 0) is 19.4 Å². The van der Waals surface area contributed by atoms with Crippen molar-refractivity contribution < 1.29 is 4.92 Å². The summed E-state index contributed by atoms with van der Waals surface area (Å²) >= 11 is 1.13. The summed E-state index contributed by atoms with van der Waals surface area (Å²) in [5, 5.41) is 10.6. The fourth-order valence-corrected chi connectivity index (χ4v) is 1.94. The molecule has 0 aliphatic carbocycles. The molecule has 1 aromatic rings. The van der Waals surface area contributed by atoms with Crippen LogP contribution in [0.1, 0.15) is 24.3 Å². The van der Waals surface area contributed by atoms with Gasteiger partial charge in [0.25, 0.3) is 0 Å². The van der Waals surface area contributed by atoms with Crippen molar-refractivity contribution in [2.24, 2.45) is 5.73 Å². The molecule has 0 saturated heterocycles. The maximum Gasteiger partial charge on any atom is 0.324 e. The second kappa shape index (κ2) is 5.85. The van der Waals surface area contributed by atoms with Crippen molar-refractivity contribution in [2.75, 3.05) is 0 Å². The minimum absolute atomic E-state index is 0. The standard InChI is InChI=1S/C9H12N2O2S.ClH/c1-6(2)5-7(10)8-3-4-9(14-8)11(12)13;/h3-4,7H,1,5,10H2,2H3;1H/t7-;/m0./s1. The SMILES string of the molecule is C=C(C)C[C@H](N)c1ccc([N+](=O)[O-])s1.Cl. The first-order valence-corrected chi connectivity index (χ1v) is 4.96. The number of nitrogens with two attached hydrogens (primary N) is 1. The van der Waals surface area contributed by atoms with Crippen molar-refractivity contribution in [3.05, 3.63) is 39.3 Å². The second-order valence-corrected chi connectivity index (χ2v) is 4.29. The van der Waals surface area contributed by atoms with Gasteiger partial charge in [-0.15, -0.1) is 19.0 Å². The summed E-state index contributed by atoms with van der Waals surface area (Å²) in [6.07, 6.45) is 0.664. The Labute approximate surface area is 98.4 Å². The quantitative estimate of drug-likeness (QED) is 0.506. The summed E-state index contributed by atoms with van der Waals surface area (Å²) in [7, 11) is 0. The lowest BCUT2D eigenvalue weighted by Crippen LogP contribution is -2.08. The molecule has 0 saturated carbocycles. The zero-order valence-electron chi connectivity index (χ0n) is 8.30. The van der Waals surface area contributed by atoms with Gasteiger partial charge in [0, 0.05) is 17.0 Å². The lowest BCUT2D eigenvalue weighted by atomic mass is 10.1. The Morgan fingerprint density at radius 3 is 2.73 bits per heavy atom. The molecule has 6 heteroatoms. The molecule has 4 nitrogen and oxygen atoms in total. The van der Waals surface area contributed by atoms with Gasteiger partial charge in [-0.1, -0.05) is 16.9 Å². The predicted molar refractivity (Wildman–Crippen MR) is 64.6 cm³/mol. The van der Waals surface area contributed by atoms with Crippen molar-refractivity contribution in [3.8, 4) is 0 Å². The van der Waals surface area contributed by atoms with Crippen LogP contribution >= 0.6 is 23.7 Å². The van der Waals surface area contributed by atoms with Gasteiger partial charge in [-0.2, -0.15) is 0 Å². The molecule has 84 valence electrons. The van der Waals surface area contributed by atoms with Crippen LogP contribution < -0.4 is 5.73 Å². The Morgan fingerprint density at radius 2 is 2.33 bits per heavy atom. The fourth-order valence-electron chi connectivity index (χ4n) is 1.12. The van der Waals surface area contributed by atoms with E-state index in [4.69, 9.17) is 5.73 Å². The van der Waals surface area contributed by atoms with Crippen LogP contribution in [0, 0.1) is 10.1 Å². The van der Waals surface area contributed by atoms with E-state index in [1.807, 2.05) is 6.92 Å². The zero-order valence-corrected chi connectivity index (χ0v) is 9.94. The maximum absolute atomic E-state index is 10.4. The normalized spacial score (nSPS) is 11.6. The van der Waals surface area contributed by atoms with E-state index < -0.39 is 4.92 Å². The molecule has 1 atom stereocenters. The van der Waals surface area contributed by atoms with Gasteiger partial charge >= 0.3 is 5.00 Å². The molecule has 15 heavy (non-hydrogen) atoms. The van der Waals surface area contributed by atoms with Crippen LogP contribution in [-0.2, 0) is 0 Å². The summed E-state index contributed by atoms with van der Waals surface area (Å²) in [6.45, 7) is 5.64. The predicted octanol–water partition coefficient (Wildman–Crippen LogP) is 3.04. The second-order valence-electron chi connectivity index (χ2n) is 3.20. The van der Waals surface area contributed by atoms with Crippen molar-refractivity contribution in [3.63, 3.8) is 0 Å². The zero-order chi connectivity index (χ0) is 10.7. The third-order valence-corrected chi connectivity index (χ3v) is 2.90. The summed E-state index contributed by atoms with van der Waals surface area (Å²) < 4.78 is 0. The molecule has 0 spiro atoms. The summed E-state index contributed by atoms with van der Waals surface area (Å²) in [5.41, 5.74) is 6.82. The highest BCUT2D eigenvalue weighted by molar-refractivity contribution is 7.15. The Morgan fingerprint density at radius 1 is 1.73 bits per heavy atom. The molecule has 0 aliphatic heterocycles. The Balaban J connectivity index is 0.00000196. The monoisotopic (exact) mass is 248 g/mol. The number of nitrogens with zero attached hydrogens (tertiary/aromatic N) is 1. The molecule has 0 aromatic carbocycles. The first-order valence-electron chi connectivity index (χ1n) is 4.15. The van der Waals surface area contributed by atoms with Gasteiger partial charge in [0.05, 0.1) is 4.92 Å². The molecule has 0 bridgehead atoms. The topological polar surface area (TPSA) is 69.2 Å². The molecular weight excluding hydrogens is 236 g/mol. The molecule has 0 aliphatic rings. The van der Waals surface area contributed by atoms with Crippen LogP contribution in [0.15, 0.2) is 24.3 Å². The molecule has 0 fully saturated rings. The lowest BCUT2D eigenvalue weighted by Gasteiger charge is -2.07. The molecule has 0 radical (unpaired) electrons. The largest absolute Gasteiger partial charge is 0.324 e. The number of rotatable bonds is 4. The Hall–Kier alpha value is -0.910. The molecule has 1 rings (SSSR count). The van der Waals surface area contributed by atoms with Crippen molar-refractivity contribution in [1.29, 1.82) is 0 Å².